The molecule has 7 nitrogen and oxygen atoms in total. The van der Waals surface area contributed by atoms with Crippen LogP contribution in [0.15, 0.2) is 16.8 Å². The molecule has 130 valence electrons. The first kappa shape index (κ1) is 17.1. The van der Waals surface area contributed by atoms with Gasteiger partial charge in [-0.25, -0.2) is 4.98 Å². The summed E-state index contributed by atoms with van der Waals surface area (Å²) in [4.78, 5) is 18.6. The van der Waals surface area contributed by atoms with E-state index in [0.717, 1.165) is 25.2 Å². The van der Waals surface area contributed by atoms with E-state index in [1.165, 1.54) is 5.56 Å². The van der Waals surface area contributed by atoms with Crippen molar-refractivity contribution in [2.24, 2.45) is 0 Å². The van der Waals surface area contributed by atoms with Gasteiger partial charge in [0.2, 0.25) is 5.91 Å². The van der Waals surface area contributed by atoms with Gasteiger partial charge in [0.25, 0.3) is 0 Å². The highest BCUT2D eigenvalue weighted by molar-refractivity contribution is 7.07. The molecule has 2 aromatic heterocycles. The highest BCUT2D eigenvalue weighted by Gasteiger charge is 2.26. The minimum Gasteiger partial charge on any atom is -0.367 e. The standard InChI is InChI=1S/C16H23N5O2S/c1-2-14-18-16(20-19-14)13-9-21(6-7-23-13)10-15(22)17-5-3-12-4-8-24-11-12/h4,8,11,13H,2-3,5-7,9-10H2,1H3,(H,17,22)(H,18,19,20)/t13-/m1/s1. The Bertz CT molecular complexity index is 643. The summed E-state index contributed by atoms with van der Waals surface area (Å²) in [5.41, 5.74) is 1.27. The van der Waals surface area contributed by atoms with Gasteiger partial charge in [-0.15, -0.1) is 0 Å². The van der Waals surface area contributed by atoms with E-state index in [1.54, 1.807) is 11.3 Å². The molecule has 3 heterocycles. The Hall–Kier alpha value is -1.77. The van der Waals surface area contributed by atoms with Crippen LogP contribution in [0.1, 0.15) is 30.2 Å². The number of thiophene rings is 1. The second kappa shape index (κ2) is 8.36. The van der Waals surface area contributed by atoms with Gasteiger partial charge >= 0.3 is 0 Å². The van der Waals surface area contributed by atoms with Crippen LogP contribution in [0.4, 0.5) is 0 Å². The molecule has 24 heavy (non-hydrogen) atoms. The maximum atomic E-state index is 12.1. The predicted octanol–water partition coefficient (Wildman–Crippen LogP) is 1.16. The van der Waals surface area contributed by atoms with Crippen LogP contribution in [0.25, 0.3) is 0 Å². The van der Waals surface area contributed by atoms with Gasteiger partial charge < -0.3 is 10.1 Å². The lowest BCUT2D eigenvalue weighted by molar-refractivity contribution is -0.124. The third-order valence-corrected chi connectivity index (χ3v) is 4.74. The zero-order valence-electron chi connectivity index (χ0n) is 13.8. The Morgan fingerprint density at radius 2 is 2.50 bits per heavy atom. The van der Waals surface area contributed by atoms with Crippen molar-refractivity contribution in [3.8, 4) is 0 Å². The number of aromatic amines is 1. The first-order valence-electron chi connectivity index (χ1n) is 8.27. The van der Waals surface area contributed by atoms with E-state index >= 15 is 0 Å². The Balaban J connectivity index is 1.43. The highest BCUT2D eigenvalue weighted by Crippen LogP contribution is 2.18. The fraction of sp³-hybridized carbons (Fsp3) is 0.562. The molecule has 0 unspecified atom stereocenters. The number of morpholine rings is 1. The molecule has 0 aliphatic carbocycles. The lowest BCUT2D eigenvalue weighted by Crippen LogP contribution is -2.44. The molecule has 8 heteroatoms. The molecule has 0 spiro atoms. The van der Waals surface area contributed by atoms with Gasteiger partial charge in [0, 0.05) is 26.1 Å². The molecule has 1 saturated heterocycles. The smallest absolute Gasteiger partial charge is 0.234 e. The molecule has 0 bridgehead atoms. The van der Waals surface area contributed by atoms with E-state index in [2.05, 4.69) is 42.2 Å². The van der Waals surface area contributed by atoms with Gasteiger partial charge in [0.05, 0.1) is 13.2 Å². The number of hydrogen-bond acceptors (Lipinski definition) is 6. The number of aryl methyl sites for hydroxylation is 1. The second-order valence-corrected chi connectivity index (χ2v) is 6.60. The number of nitrogens with zero attached hydrogens (tertiary/aromatic N) is 3. The molecule has 1 atom stereocenters. The Kier molecular flexibility index (Phi) is 5.95. The molecule has 1 amide bonds. The van der Waals surface area contributed by atoms with E-state index in [4.69, 9.17) is 4.74 Å². The first-order chi connectivity index (χ1) is 11.7. The molecule has 2 N–H and O–H groups in total. The zero-order chi connectivity index (χ0) is 16.8. The molecule has 1 aliphatic rings. The zero-order valence-corrected chi connectivity index (χ0v) is 14.6. The van der Waals surface area contributed by atoms with Gasteiger partial charge in [-0.3, -0.25) is 14.8 Å². The van der Waals surface area contributed by atoms with Crippen LogP contribution in [-0.2, 0) is 22.4 Å². The number of aromatic nitrogens is 3. The van der Waals surface area contributed by atoms with E-state index in [-0.39, 0.29) is 12.0 Å². The van der Waals surface area contributed by atoms with Crippen LogP contribution >= 0.6 is 11.3 Å². The van der Waals surface area contributed by atoms with Gasteiger partial charge in [0.1, 0.15) is 11.9 Å². The van der Waals surface area contributed by atoms with Crippen molar-refractivity contribution in [1.82, 2.24) is 25.4 Å². The maximum absolute atomic E-state index is 12.1. The van der Waals surface area contributed by atoms with E-state index < -0.39 is 0 Å². The lowest BCUT2D eigenvalue weighted by atomic mass is 10.2. The Morgan fingerprint density at radius 3 is 3.25 bits per heavy atom. The summed E-state index contributed by atoms with van der Waals surface area (Å²) in [5, 5.41) is 14.3. The highest BCUT2D eigenvalue weighted by atomic mass is 32.1. The van der Waals surface area contributed by atoms with Crippen molar-refractivity contribution in [3.63, 3.8) is 0 Å². The minimum atomic E-state index is -0.172. The average Bonchev–Trinajstić information content (AvgIpc) is 3.26. The summed E-state index contributed by atoms with van der Waals surface area (Å²) >= 11 is 1.68. The second-order valence-electron chi connectivity index (χ2n) is 5.82. The number of hydrogen-bond donors (Lipinski definition) is 2. The minimum absolute atomic E-state index is 0.0510. The molecular weight excluding hydrogens is 326 g/mol. The van der Waals surface area contributed by atoms with Crippen molar-refractivity contribution in [2.75, 3.05) is 32.8 Å². The van der Waals surface area contributed by atoms with Crippen molar-refractivity contribution < 1.29 is 9.53 Å². The van der Waals surface area contributed by atoms with E-state index in [1.807, 2.05) is 6.92 Å². The SMILES string of the molecule is CCc1nc([C@H]2CN(CC(=O)NCCc3ccsc3)CCO2)n[nH]1. The summed E-state index contributed by atoms with van der Waals surface area (Å²) < 4.78 is 5.75. The van der Waals surface area contributed by atoms with Crippen molar-refractivity contribution in [1.29, 1.82) is 0 Å². The Morgan fingerprint density at radius 1 is 1.58 bits per heavy atom. The van der Waals surface area contributed by atoms with Gasteiger partial charge in [-0.05, 0) is 28.8 Å². The normalized spacial score (nSPS) is 18.6. The summed E-state index contributed by atoms with van der Waals surface area (Å²) in [7, 11) is 0. The molecule has 1 fully saturated rings. The number of nitrogens with one attached hydrogen (secondary N) is 2. The largest absolute Gasteiger partial charge is 0.367 e. The van der Waals surface area contributed by atoms with Crippen molar-refractivity contribution >= 4 is 17.2 Å². The van der Waals surface area contributed by atoms with Gasteiger partial charge in [-0.1, -0.05) is 6.92 Å². The van der Waals surface area contributed by atoms with Crippen LogP contribution in [-0.4, -0.2) is 58.8 Å². The van der Waals surface area contributed by atoms with Crippen molar-refractivity contribution in [3.05, 3.63) is 34.0 Å². The summed E-state index contributed by atoms with van der Waals surface area (Å²) in [6.45, 7) is 5.05. The summed E-state index contributed by atoms with van der Waals surface area (Å²) in [6.07, 6.45) is 1.52. The molecule has 0 saturated carbocycles. The fourth-order valence-corrected chi connectivity index (χ4v) is 3.36. The third-order valence-electron chi connectivity index (χ3n) is 4.01. The predicted molar refractivity (Wildman–Crippen MR) is 91.9 cm³/mol. The molecule has 3 rings (SSSR count). The Labute approximate surface area is 145 Å². The van der Waals surface area contributed by atoms with Crippen LogP contribution < -0.4 is 5.32 Å². The third kappa shape index (κ3) is 4.62. The van der Waals surface area contributed by atoms with Gasteiger partial charge in [0.15, 0.2) is 5.82 Å². The number of carbonyl (C=O) groups is 1. The number of ether oxygens (including phenoxy) is 1. The maximum Gasteiger partial charge on any atom is 0.234 e. The number of amides is 1. The molecule has 0 aromatic carbocycles. The fourth-order valence-electron chi connectivity index (χ4n) is 2.65. The summed E-state index contributed by atoms with van der Waals surface area (Å²) in [6, 6.07) is 2.09. The quantitative estimate of drug-likeness (QED) is 0.784. The topological polar surface area (TPSA) is 83.1 Å². The lowest BCUT2D eigenvalue weighted by Gasteiger charge is -2.30. The van der Waals surface area contributed by atoms with Crippen LogP contribution in [0.2, 0.25) is 0 Å². The van der Waals surface area contributed by atoms with Crippen LogP contribution in [0, 0.1) is 0 Å². The van der Waals surface area contributed by atoms with Gasteiger partial charge in [-0.2, -0.15) is 16.4 Å². The average molecular weight is 349 g/mol. The van der Waals surface area contributed by atoms with Crippen LogP contribution in [0.5, 0.6) is 0 Å². The number of H-pyrrole nitrogens is 1. The molecule has 2 aromatic rings. The number of carbonyl (C=O) groups excluding carboxylic acids is 1. The van der Waals surface area contributed by atoms with Crippen LogP contribution in [0.3, 0.4) is 0 Å². The van der Waals surface area contributed by atoms with E-state index in [9.17, 15) is 4.79 Å². The summed E-state index contributed by atoms with van der Waals surface area (Å²) in [5.74, 6) is 1.58. The monoisotopic (exact) mass is 349 g/mol. The first-order valence-corrected chi connectivity index (χ1v) is 9.21. The van der Waals surface area contributed by atoms with E-state index in [0.29, 0.717) is 32.1 Å². The van der Waals surface area contributed by atoms with Crippen molar-refractivity contribution in [2.45, 2.75) is 25.9 Å². The molecule has 0 radical (unpaired) electrons. The molecule has 1 aliphatic heterocycles. The number of rotatable bonds is 7. The molecular formula is C16H23N5O2S.